The lowest BCUT2D eigenvalue weighted by Crippen LogP contribution is -2.35. The van der Waals surface area contributed by atoms with Crippen LogP contribution in [0.25, 0.3) is 0 Å². The Kier molecular flexibility index (Phi) is 5.62. The number of aliphatic hydroxyl groups is 2. The fourth-order valence-corrected chi connectivity index (χ4v) is 0.916. The van der Waals surface area contributed by atoms with Gasteiger partial charge in [-0.3, -0.25) is 0 Å². The normalized spacial score (nSPS) is 16.0. The molecule has 70 valence electrons. The molecule has 12 heavy (non-hydrogen) atoms. The van der Waals surface area contributed by atoms with E-state index >= 15 is 0 Å². The van der Waals surface area contributed by atoms with Crippen LogP contribution in [-0.2, 0) is 0 Å². The van der Waals surface area contributed by atoms with Crippen LogP contribution in [0.5, 0.6) is 0 Å². The monoisotopic (exact) mass is 171 g/mol. The van der Waals surface area contributed by atoms with Gasteiger partial charge in [0.2, 0.25) is 0 Å². The SMILES string of the molecule is CC=CC(=CCC)C(N)C(O)O. The van der Waals surface area contributed by atoms with Crippen molar-refractivity contribution in [3.05, 3.63) is 23.8 Å². The highest BCUT2D eigenvalue weighted by atomic mass is 16.5. The minimum Gasteiger partial charge on any atom is -0.366 e. The van der Waals surface area contributed by atoms with Crippen LogP contribution >= 0.6 is 0 Å². The third kappa shape index (κ3) is 3.67. The molecule has 0 saturated heterocycles. The lowest BCUT2D eigenvalue weighted by Gasteiger charge is -2.14. The molecule has 0 fully saturated rings. The molecule has 1 atom stereocenters. The molecule has 0 heterocycles. The molecule has 0 spiro atoms. The molecule has 0 rings (SSSR count). The number of allylic oxidation sites excluding steroid dienone is 2. The number of nitrogens with two attached hydrogens (primary N) is 1. The van der Waals surface area contributed by atoms with Gasteiger partial charge in [-0.2, -0.15) is 0 Å². The Morgan fingerprint density at radius 3 is 2.42 bits per heavy atom. The zero-order valence-electron chi connectivity index (χ0n) is 7.57. The Balaban J connectivity index is 4.40. The molecule has 0 aromatic heterocycles. The lowest BCUT2D eigenvalue weighted by atomic mass is 10.1. The molecule has 0 aromatic rings. The molecule has 4 N–H and O–H groups in total. The van der Waals surface area contributed by atoms with Crippen LogP contribution in [0.3, 0.4) is 0 Å². The van der Waals surface area contributed by atoms with E-state index in [1.165, 1.54) is 0 Å². The summed E-state index contributed by atoms with van der Waals surface area (Å²) in [7, 11) is 0. The number of hydrogen-bond donors (Lipinski definition) is 3. The predicted octanol–water partition coefficient (Wildman–Crippen LogP) is 0.537. The maximum absolute atomic E-state index is 8.80. The van der Waals surface area contributed by atoms with Crippen molar-refractivity contribution in [3.8, 4) is 0 Å². The van der Waals surface area contributed by atoms with Crippen molar-refractivity contribution in [2.45, 2.75) is 32.6 Å². The summed E-state index contributed by atoms with van der Waals surface area (Å²) in [5.41, 5.74) is 6.27. The Morgan fingerprint density at radius 1 is 1.50 bits per heavy atom. The van der Waals surface area contributed by atoms with Crippen molar-refractivity contribution >= 4 is 0 Å². The average Bonchev–Trinajstić information content (AvgIpc) is 2.03. The highest BCUT2D eigenvalue weighted by Crippen LogP contribution is 2.06. The smallest absolute Gasteiger partial charge is 0.171 e. The topological polar surface area (TPSA) is 66.5 Å². The summed E-state index contributed by atoms with van der Waals surface area (Å²) in [6, 6.07) is -0.707. The molecule has 3 heteroatoms. The molecule has 0 radical (unpaired) electrons. The van der Waals surface area contributed by atoms with Crippen LogP contribution in [-0.4, -0.2) is 22.5 Å². The maximum atomic E-state index is 8.80. The third-order valence-electron chi connectivity index (χ3n) is 1.51. The summed E-state index contributed by atoms with van der Waals surface area (Å²) in [6.45, 7) is 3.83. The van der Waals surface area contributed by atoms with Gasteiger partial charge in [0.25, 0.3) is 0 Å². The Bertz CT molecular complexity index is 173. The average molecular weight is 171 g/mol. The van der Waals surface area contributed by atoms with E-state index in [1.807, 2.05) is 26.0 Å². The molecule has 0 bridgehead atoms. The van der Waals surface area contributed by atoms with Gasteiger partial charge in [-0.05, 0) is 18.9 Å². The molecule has 0 saturated carbocycles. The van der Waals surface area contributed by atoms with Crippen molar-refractivity contribution in [1.82, 2.24) is 0 Å². The molecule has 3 nitrogen and oxygen atoms in total. The van der Waals surface area contributed by atoms with Crippen LogP contribution in [0.15, 0.2) is 23.8 Å². The highest BCUT2D eigenvalue weighted by Gasteiger charge is 2.13. The van der Waals surface area contributed by atoms with Crippen LogP contribution in [0, 0.1) is 0 Å². The Hall–Kier alpha value is -0.640. The van der Waals surface area contributed by atoms with Crippen molar-refractivity contribution in [2.75, 3.05) is 0 Å². The van der Waals surface area contributed by atoms with Gasteiger partial charge >= 0.3 is 0 Å². The van der Waals surface area contributed by atoms with Crippen LogP contribution < -0.4 is 5.73 Å². The van der Waals surface area contributed by atoms with Gasteiger partial charge in [-0.15, -0.1) is 0 Å². The summed E-state index contributed by atoms with van der Waals surface area (Å²) >= 11 is 0. The first-order valence-corrected chi connectivity index (χ1v) is 4.08. The molecule has 1 unspecified atom stereocenters. The summed E-state index contributed by atoms with van der Waals surface area (Å²) in [5.74, 6) is 0. The molecule has 0 aliphatic carbocycles. The fraction of sp³-hybridized carbons (Fsp3) is 0.556. The highest BCUT2D eigenvalue weighted by molar-refractivity contribution is 5.24. The van der Waals surface area contributed by atoms with Gasteiger partial charge in [0.05, 0.1) is 6.04 Å². The quantitative estimate of drug-likeness (QED) is 0.427. The second-order valence-corrected chi connectivity index (χ2v) is 2.55. The molecule has 0 aliphatic rings. The van der Waals surface area contributed by atoms with Gasteiger partial charge in [-0.1, -0.05) is 25.2 Å². The fourth-order valence-electron chi connectivity index (χ4n) is 0.916. The standard InChI is InChI=1S/C9H17NO2/c1-3-5-7(6-4-2)8(10)9(11)12/h3,5-6,8-9,11-12H,4,10H2,1-2H3. The van der Waals surface area contributed by atoms with E-state index in [0.717, 1.165) is 12.0 Å². The van der Waals surface area contributed by atoms with Gasteiger partial charge in [0, 0.05) is 0 Å². The van der Waals surface area contributed by atoms with E-state index in [2.05, 4.69) is 0 Å². The molecular weight excluding hydrogens is 154 g/mol. The van der Waals surface area contributed by atoms with Crippen LogP contribution in [0.2, 0.25) is 0 Å². The second kappa shape index (κ2) is 5.94. The summed E-state index contributed by atoms with van der Waals surface area (Å²) in [4.78, 5) is 0. The van der Waals surface area contributed by atoms with Gasteiger partial charge in [0.1, 0.15) is 0 Å². The summed E-state index contributed by atoms with van der Waals surface area (Å²) in [5, 5.41) is 17.6. The predicted molar refractivity (Wildman–Crippen MR) is 49.4 cm³/mol. The Morgan fingerprint density at radius 2 is 2.08 bits per heavy atom. The van der Waals surface area contributed by atoms with E-state index in [9.17, 15) is 0 Å². The number of aliphatic hydroxyl groups excluding tert-OH is 1. The Labute approximate surface area is 73.2 Å². The molecule has 0 aliphatic heterocycles. The van der Waals surface area contributed by atoms with E-state index in [1.54, 1.807) is 6.08 Å². The van der Waals surface area contributed by atoms with E-state index in [-0.39, 0.29) is 0 Å². The second-order valence-electron chi connectivity index (χ2n) is 2.55. The third-order valence-corrected chi connectivity index (χ3v) is 1.51. The minimum absolute atomic E-state index is 0.707. The van der Waals surface area contributed by atoms with Gasteiger partial charge < -0.3 is 15.9 Å². The van der Waals surface area contributed by atoms with E-state index < -0.39 is 12.3 Å². The van der Waals surface area contributed by atoms with Crippen molar-refractivity contribution < 1.29 is 10.2 Å². The molecule has 0 aromatic carbocycles. The van der Waals surface area contributed by atoms with Gasteiger partial charge in [-0.25, -0.2) is 0 Å². The zero-order valence-corrected chi connectivity index (χ0v) is 7.57. The van der Waals surface area contributed by atoms with E-state index in [0.29, 0.717) is 0 Å². The minimum atomic E-state index is -1.49. The zero-order chi connectivity index (χ0) is 9.56. The van der Waals surface area contributed by atoms with Crippen molar-refractivity contribution in [3.63, 3.8) is 0 Å². The van der Waals surface area contributed by atoms with Crippen molar-refractivity contribution in [2.24, 2.45) is 5.73 Å². The molecule has 0 amide bonds. The maximum Gasteiger partial charge on any atom is 0.171 e. The summed E-state index contributed by atoms with van der Waals surface area (Å²) in [6.07, 6.45) is 4.83. The number of rotatable bonds is 4. The van der Waals surface area contributed by atoms with Gasteiger partial charge in [0.15, 0.2) is 6.29 Å². The van der Waals surface area contributed by atoms with Crippen LogP contribution in [0.1, 0.15) is 20.3 Å². The lowest BCUT2D eigenvalue weighted by molar-refractivity contribution is -0.0493. The molecular formula is C9H17NO2. The number of hydrogen-bond acceptors (Lipinski definition) is 3. The first-order valence-electron chi connectivity index (χ1n) is 4.08. The van der Waals surface area contributed by atoms with E-state index in [4.69, 9.17) is 15.9 Å². The largest absolute Gasteiger partial charge is 0.366 e. The first kappa shape index (κ1) is 11.4. The first-order chi connectivity index (χ1) is 5.63. The van der Waals surface area contributed by atoms with Crippen molar-refractivity contribution in [1.29, 1.82) is 0 Å². The van der Waals surface area contributed by atoms with Crippen LogP contribution in [0.4, 0.5) is 0 Å². The summed E-state index contributed by atoms with van der Waals surface area (Å²) < 4.78 is 0.